The van der Waals surface area contributed by atoms with Crippen molar-refractivity contribution in [3.63, 3.8) is 0 Å². The molecule has 0 spiro atoms. The number of nitrogens with one attached hydrogen (secondary N) is 1. The van der Waals surface area contributed by atoms with Crippen LogP contribution in [0.25, 0.3) is 0 Å². The standard InChI is InChI=1S/C16H17NO/c1-2-6-13(7-3-1)12-18-16-9-5-4-8-14(16)15-10-11-17-15/h1-9,15,17H,10-12H2/t15-/m0/s1. The Morgan fingerprint density at radius 3 is 2.44 bits per heavy atom. The molecule has 92 valence electrons. The third kappa shape index (κ3) is 2.39. The van der Waals surface area contributed by atoms with E-state index >= 15 is 0 Å². The molecule has 0 aromatic heterocycles. The normalized spacial score (nSPS) is 18.1. The first-order valence-electron chi connectivity index (χ1n) is 6.42. The summed E-state index contributed by atoms with van der Waals surface area (Å²) in [7, 11) is 0. The average molecular weight is 239 g/mol. The summed E-state index contributed by atoms with van der Waals surface area (Å²) in [5.41, 5.74) is 2.48. The van der Waals surface area contributed by atoms with Gasteiger partial charge in [0, 0.05) is 11.6 Å². The van der Waals surface area contributed by atoms with E-state index in [0.29, 0.717) is 12.6 Å². The van der Waals surface area contributed by atoms with E-state index in [4.69, 9.17) is 4.74 Å². The lowest BCUT2D eigenvalue weighted by molar-refractivity contribution is 0.289. The Kier molecular flexibility index (Phi) is 3.29. The van der Waals surface area contributed by atoms with Crippen LogP contribution in [-0.4, -0.2) is 6.54 Å². The Labute approximate surface area is 108 Å². The highest BCUT2D eigenvalue weighted by Crippen LogP contribution is 2.31. The van der Waals surface area contributed by atoms with Gasteiger partial charge in [0.2, 0.25) is 0 Å². The van der Waals surface area contributed by atoms with Gasteiger partial charge in [-0.15, -0.1) is 0 Å². The van der Waals surface area contributed by atoms with E-state index in [2.05, 4.69) is 35.6 Å². The minimum Gasteiger partial charge on any atom is -0.489 e. The monoisotopic (exact) mass is 239 g/mol. The summed E-state index contributed by atoms with van der Waals surface area (Å²) in [5.74, 6) is 0.999. The van der Waals surface area contributed by atoms with Crippen LogP contribution in [0.1, 0.15) is 23.6 Å². The predicted octanol–water partition coefficient (Wildman–Crippen LogP) is 3.30. The Morgan fingerprint density at radius 1 is 1.00 bits per heavy atom. The van der Waals surface area contributed by atoms with E-state index in [1.54, 1.807) is 0 Å². The molecule has 0 aliphatic carbocycles. The van der Waals surface area contributed by atoms with E-state index in [1.807, 2.05) is 24.3 Å². The molecular formula is C16H17NO. The highest BCUT2D eigenvalue weighted by molar-refractivity contribution is 5.37. The zero-order valence-electron chi connectivity index (χ0n) is 10.3. The van der Waals surface area contributed by atoms with Gasteiger partial charge < -0.3 is 10.1 Å². The lowest BCUT2D eigenvalue weighted by atomic mass is 9.97. The first-order valence-corrected chi connectivity index (χ1v) is 6.42. The molecule has 0 amide bonds. The molecule has 0 bridgehead atoms. The van der Waals surface area contributed by atoms with E-state index in [9.17, 15) is 0 Å². The number of ether oxygens (including phenoxy) is 1. The van der Waals surface area contributed by atoms with Gasteiger partial charge in [-0.25, -0.2) is 0 Å². The zero-order chi connectivity index (χ0) is 12.2. The van der Waals surface area contributed by atoms with E-state index in [-0.39, 0.29) is 0 Å². The molecule has 2 aromatic rings. The summed E-state index contributed by atoms with van der Waals surface area (Å²) < 4.78 is 5.94. The number of benzene rings is 2. The van der Waals surface area contributed by atoms with Crippen molar-refractivity contribution in [1.82, 2.24) is 5.32 Å². The molecule has 1 fully saturated rings. The van der Waals surface area contributed by atoms with E-state index in [1.165, 1.54) is 17.5 Å². The number of para-hydroxylation sites is 1. The maximum absolute atomic E-state index is 5.94. The van der Waals surface area contributed by atoms with Gasteiger partial charge >= 0.3 is 0 Å². The molecule has 1 heterocycles. The largest absolute Gasteiger partial charge is 0.489 e. The van der Waals surface area contributed by atoms with Crippen molar-refractivity contribution in [1.29, 1.82) is 0 Å². The van der Waals surface area contributed by atoms with Gasteiger partial charge in [0.15, 0.2) is 0 Å². The summed E-state index contributed by atoms with van der Waals surface area (Å²) in [5, 5.41) is 3.42. The van der Waals surface area contributed by atoms with Crippen LogP contribution in [0, 0.1) is 0 Å². The molecule has 1 aliphatic heterocycles. The lowest BCUT2D eigenvalue weighted by Crippen LogP contribution is -2.35. The molecule has 2 aromatic carbocycles. The number of hydrogen-bond acceptors (Lipinski definition) is 2. The predicted molar refractivity (Wildman–Crippen MR) is 72.6 cm³/mol. The summed E-state index contributed by atoms with van der Waals surface area (Å²) in [6.07, 6.45) is 1.20. The minimum absolute atomic E-state index is 0.469. The van der Waals surface area contributed by atoms with Crippen molar-refractivity contribution in [2.24, 2.45) is 0 Å². The minimum atomic E-state index is 0.469. The maximum Gasteiger partial charge on any atom is 0.124 e. The topological polar surface area (TPSA) is 21.3 Å². The Bertz CT molecular complexity index is 506. The third-order valence-electron chi connectivity index (χ3n) is 3.36. The summed E-state index contributed by atoms with van der Waals surface area (Å²) in [6.45, 7) is 1.74. The van der Waals surface area contributed by atoms with Crippen LogP contribution in [0.2, 0.25) is 0 Å². The molecule has 1 atom stereocenters. The van der Waals surface area contributed by atoms with Crippen molar-refractivity contribution in [2.75, 3.05) is 6.54 Å². The fourth-order valence-electron chi connectivity index (χ4n) is 2.19. The smallest absolute Gasteiger partial charge is 0.124 e. The highest BCUT2D eigenvalue weighted by Gasteiger charge is 2.21. The molecule has 2 nitrogen and oxygen atoms in total. The van der Waals surface area contributed by atoms with Gasteiger partial charge in [0.25, 0.3) is 0 Å². The molecule has 18 heavy (non-hydrogen) atoms. The van der Waals surface area contributed by atoms with Crippen molar-refractivity contribution >= 4 is 0 Å². The van der Waals surface area contributed by atoms with Crippen LogP contribution in [0.5, 0.6) is 5.75 Å². The first kappa shape index (κ1) is 11.3. The second-order valence-corrected chi connectivity index (χ2v) is 4.61. The molecule has 0 saturated carbocycles. The van der Waals surface area contributed by atoms with Gasteiger partial charge in [-0.2, -0.15) is 0 Å². The van der Waals surface area contributed by atoms with Crippen LogP contribution < -0.4 is 10.1 Å². The SMILES string of the molecule is c1ccc(COc2ccccc2[C@@H]2CCN2)cc1. The van der Waals surface area contributed by atoms with Crippen molar-refractivity contribution in [2.45, 2.75) is 19.1 Å². The fourth-order valence-corrected chi connectivity index (χ4v) is 2.19. The average Bonchev–Trinajstić information content (AvgIpc) is 2.37. The Hall–Kier alpha value is -1.80. The van der Waals surface area contributed by atoms with Crippen molar-refractivity contribution in [3.8, 4) is 5.75 Å². The van der Waals surface area contributed by atoms with Gasteiger partial charge in [-0.05, 0) is 24.6 Å². The van der Waals surface area contributed by atoms with Gasteiger partial charge in [0.1, 0.15) is 12.4 Å². The molecule has 1 saturated heterocycles. The van der Waals surface area contributed by atoms with Crippen LogP contribution in [0.3, 0.4) is 0 Å². The molecule has 0 radical (unpaired) electrons. The second-order valence-electron chi connectivity index (χ2n) is 4.61. The lowest BCUT2D eigenvalue weighted by Gasteiger charge is -2.29. The maximum atomic E-state index is 5.94. The highest BCUT2D eigenvalue weighted by atomic mass is 16.5. The molecule has 3 rings (SSSR count). The van der Waals surface area contributed by atoms with Crippen molar-refractivity contribution in [3.05, 3.63) is 65.7 Å². The Morgan fingerprint density at radius 2 is 1.72 bits per heavy atom. The fraction of sp³-hybridized carbons (Fsp3) is 0.250. The zero-order valence-corrected chi connectivity index (χ0v) is 10.3. The van der Waals surface area contributed by atoms with Crippen LogP contribution in [0.15, 0.2) is 54.6 Å². The second kappa shape index (κ2) is 5.23. The molecule has 1 N–H and O–H groups in total. The summed E-state index contributed by atoms with van der Waals surface area (Å²) in [4.78, 5) is 0. The van der Waals surface area contributed by atoms with Gasteiger partial charge in [-0.1, -0.05) is 48.5 Å². The summed E-state index contributed by atoms with van der Waals surface area (Å²) >= 11 is 0. The quantitative estimate of drug-likeness (QED) is 0.884. The molecule has 2 heteroatoms. The van der Waals surface area contributed by atoms with Gasteiger partial charge in [-0.3, -0.25) is 0 Å². The molecule has 0 unspecified atom stereocenters. The van der Waals surface area contributed by atoms with Crippen LogP contribution >= 0.6 is 0 Å². The van der Waals surface area contributed by atoms with E-state index in [0.717, 1.165) is 12.3 Å². The number of rotatable bonds is 4. The third-order valence-corrected chi connectivity index (χ3v) is 3.36. The number of hydrogen-bond donors (Lipinski definition) is 1. The van der Waals surface area contributed by atoms with Crippen LogP contribution in [-0.2, 0) is 6.61 Å². The van der Waals surface area contributed by atoms with Crippen LogP contribution in [0.4, 0.5) is 0 Å². The van der Waals surface area contributed by atoms with Gasteiger partial charge in [0.05, 0.1) is 0 Å². The Balaban J connectivity index is 1.72. The molecule has 1 aliphatic rings. The molecular weight excluding hydrogens is 222 g/mol. The first-order chi connectivity index (χ1) is 8.93. The van der Waals surface area contributed by atoms with E-state index < -0.39 is 0 Å². The summed E-state index contributed by atoms with van der Waals surface area (Å²) in [6, 6.07) is 19.1. The van der Waals surface area contributed by atoms with Crippen molar-refractivity contribution < 1.29 is 4.74 Å².